The van der Waals surface area contributed by atoms with Gasteiger partial charge in [-0.25, -0.2) is 19.2 Å². The Morgan fingerprint density at radius 1 is 1.19 bits per heavy atom. The maximum absolute atomic E-state index is 13.0. The fourth-order valence-electron chi connectivity index (χ4n) is 2.25. The van der Waals surface area contributed by atoms with Crippen LogP contribution in [0.15, 0.2) is 51.3 Å². The minimum Gasteiger partial charge on any atom is -0.319 e. The SMILES string of the molecule is Cc1[nH]c(=O)[nH]c(=O)c1NC(=O)CSc1nccc(-c2ccc(F)cc2)n1. The Hall–Kier alpha value is -3.27. The van der Waals surface area contributed by atoms with Gasteiger partial charge in [0.1, 0.15) is 11.5 Å². The topological polar surface area (TPSA) is 121 Å². The highest BCUT2D eigenvalue weighted by atomic mass is 32.2. The maximum Gasteiger partial charge on any atom is 0.326 e. The largest absolute Gasteiger partial charge is 0.326 e. The summed E-state index contributed by atoms with van der Waals surface area (Å²) < 4.78 is 13.0. The van der Waals surface area contributed by atoms with Crippen LogP contribution in [0.4, 0.5) is 10.1 Å². The summed E-state index contributed by atoms with van der Waals surface area (Å²) in [7, 11) is 0. The average molecular weight is 387 g/mol. The van der Waals surface area contributed by atoms with E-state index in [0.29, 0.717) is 10.9 Å². The number of aromatic nitrogens is 4. The third kappa shape index (κ3) is 4.67. The van der Waals surface area contributed by atoms with Crippen molar-refractivity contribution in [3.8, 4) is 11.3 Å². The number of nitrogens with one attached hydrogen (secondary N) is 3. The van der Waals surface area contributed by atoms with E-state index in [1.165, 1.54) is 19.1 Å². The average Bonchev–Trinajstić information content (AvgIpc) is 2.64. The van der Waals surface area contributed by atoms with Crippen molar-refractivity contribution in [1.82, 2.24) is 19.9 Å². The lowest BCUT2D eigenvalue weighted by Gasteiger charge is -2.07. The highest BCUT2D eigenvalue weighted by molar-refractivity contribution is 7.99. The molecule has 0 aliphatic carbocycles. The molecule has 8 nitrogen and oxygen atoms in total. The van der Waals surface area contributed by atoms with Crippen molar-refractivity contribution >= 4 is 23.4 Å². The number of H-pyrrole nitrogens is 2. The van der Waals surface area contributed by atoms with Crippen molar-refractivity contribution in [2.45, 2.75) is 12.1 Å². The zero-order valence-electron chi connectivity index (χ0n) is 14.1. The first-order valence-electron chi connectivity index (χ1n) is 7.77. The van der Waals surface area contributed by atoms with E-state index in [1.807, 2.05) is 4.98 Å². The van der Waals surface area contributed by atoms with E-state index in [2.05, 4.69) is 20.3 Å². The zero-order valence-corrected chi connectivity index (χ0v) is 14.9. The fourth-order valence-corrected chi connectivity index (χ4v) is 2.88. The normalized spacial score (nSPS) is 10.6. The van der Waals surface area contributed by atoms with Gasteiger partial charge in [0, 0.05) is 17.5 Å². The molecule has 0 radical (unpaired) electrons. The van der Waals surface area contributed by atoms with Crippen LogP contribution in [0.2, 0.25) is 0 Å². The number of carbonyl (C=O) groups is 1. The van der Waals surface area contributed by atoms with Crippen LogP contribution >= 0.6 is 11.8 Å². The van der Waals surface area contributed by atoms with E-state index in [0.717, 1.165) is 17.3 Å². The second-order valence-corrected chi connectivity index (χ2v) is 6.42. The molecule has 0 atom stereocenters. The van der Waals surface area contributed by atoms with Crippen molar-refractivity contribution < 1.29 is 9.18 Å². The molecule has 138 valence electrons. The molecule has 0 unspecified atom stereocenters. The zero-order chi connectivity index (χ0) is 19.4. The second-order valence-electron chi connectivity index (χ2n) is 5.48. The summed E-state index contributed by atoms with van der Waals surface area (Å²) in [6, 6.07) is 7.55. The molecule has 3 aromatic rings. The van der Waals surface area contributed by atoms with Crippen LogP contribution in [-0.4, -0.2) is 31.6 Å². The number of anilines is 1. The standard InChI is InChI=1S/C17H14FN5O3S/c1-9-14(15(25)23-16(26)20-9)22-13(24)8-27-17-19-7-6-12(21-17)10-2-4-11(18)5-3-10/h2-7H,8H2,1H3,(H,22,24)(H2,20,23,25,26). The number of benzene rings is 1. The molecule has 0 aliphatic rings. The highest BCUT2D eigenvalue weighted by Crippen LogP contribution is 2.20. The van der Waals surface area contributed by atoms with Crippen LogP contribution in [0.5, 0.6) is 0 Å². The van der Waals surface area contributed by atoms with Crippen LogP contribution in [0.25, 0.3) is 11.3 Å². The molecule has 0 saturated heterocycles. The summed E-state index contributed by atoms with van der Waals surface area (Å²) in [6.45, 7) is 1.51. The van der Waals surface area contributed by atoms with Crippen LogP contribution < -0.4 is 16.6 Å². The Morgan fingerprint density at radius 2 is 1.93 bits per heavy atom. The van der Waals surface area contributed by atoms with Gasteiger partial charge in [-0.1, -0.05) is 11.8 Å². The summed E-state index contributed by atoms with van der Waals surface area (Å²) in [4.78, 5) is 47.9. The minimum atomic E-state index is -0.677. The number of thioether (sulfide) groups is 1. The number of hydrogen-bond donors (Lipinski definition) is 3. The summed E-state index contributed by atoms with van der Waals surface area (Å²) >= 11 is 1.08. The highest BCUT2D eigenvalue weighted by Gasteiger charge is 2.11. The lowest BCUT2D eigenvalue weighted by atomic mass is 10.1. The molecule has 0 spiro atoms. The fraction of sp³-hybridized carbons (Fsp3) is 0.118. The summed E-state index contributed by atoms with van der Waals surface area (Å²) in [5.74, 6) is -0.826. The van der Waals surface area contributed by atoms with Crippen molar-refractivity contribution in [2.75, 3.05) is 11.1 Å². The molecule has 2 heterocycles. The van der Waals surface area contributed by atoms with Gasteiger partial charge in [-0.3, -0.25) is 14.6 Å². The van der Waals surface area contributed by atoms with Gasteiger partial charge >= 0.3 is 5.69 Å². The Labute approximate surface area is 156 Å². The predicted molar refractivity (Wildman–Crippen MR) is 99.2 cm³/mol. The van der Waals surface area contributed by atoms with Crippen molar-refractivity contribution in [3.63, 3.8) is 0 Å². The van der Waals surface area contributed by atoms with Gasteiger partial charge in [0.25, 0.3) is 5.56 Å². The molecule has 1 aromatic carbocycles. The van der Waals surface area contributed by atoms with Crippen LogP contribution in [0.1, 0.15) is 5.69 Å². The molecule has 2 aromatic heterocycles. The van der Waals surface area contributed by atoms with Crippen LogP contribution in [0.3, 0.4) is 0 Å². The Kier molecular flexibility index (Phi) is 5.46. The van der Waals surface area contributed by atoms with E-state index in [4.69, 9.17) is 0 Å². The monoisotopic (exact) mass is 387 g/mol. The summed E-state index contributed by atoms with van der Waals surface area (Å²) in [5.41, 5.74) is 0.249. The van der Waals surface area contributed by atoms with Crippen molar-refractivity contribution in [1.29, 1.82) is 0 Å². The van der Waals surface area contributed by atoms with Gasteiger partial charge in [-0.05, 0) is 37.3 Å². The smallest absolute Gasteiger partial charge is 0.319 e. The maximum atomic E-state index is 13.0. The van der Waals surface area contributed by atoms with Gasteiger partial charge in [0.2, 0.25) is 5.91 Å². The van der Waals surface area contributed by atoms with Crippen LogP contribution in [0, 0.1) is 12.7 Å². The van der Waals surface area contributed by atoms with Crippen molar-refractivity contribution in [3.05, 3.63) is 68.9 Å². The number of amides is 1. The number of rotatable bonds is 5. The molecular formula is C17H14FN5O3S. The van der Waals surface area contributed by atoms with E-state index < -0.39 is 17.2 Å². The van der Waals surface area contributed by atoms with Gasteiger partial charge in [-0.15, -0.1) is 0 Å². The molecule has 0 bridgehead atoms. The Morgan fingerprint density at radius 3 is 2.63 bits per heavy atom. The molecule has 27 heavy (non-hydrogen) atoms. The van der Waals surface area contributed by atoms with E-state index >= 15 is 0 Å². The number of aromatic amines is 2. The molecule has 3 N–H and O–H groups in total. The minimum absolute atomic E-state index is 0.0128. The number of hydrogen-bond acceptors (Lipinski definition) is 6. The number of nitrogens with zero attached hydrogens (tertiary/aromatic N) is 2. The summed E-state index contributed by atoms with van der Waals surface area (Å²) in [6.07, 6.45) is 1.54. The van der Waals surface area contributed by atoms with E-state index in [1.54, 1.807) is 24.4 Å². The molecule has 0 aliphatic heterocycles. The first-order chi connectivity index (χ1) is 12.9. The first-order valence-corrected chi connectivity index (χ1v) is 8.76. The predicted octanol–water partition coefficient (Wildman–Crippen LogP) is 1.70. The molecule has 1 amide bonds. The summed E-state index contributed by atoms with van der Waals surface area (Å²) in [5, 5.41) is 2.82. The number of carbonyl (C=O) groups excluding carboxylic acids is 1. The van der Waals surface area contributed by atoms with Gasteiger partial charge in [-0.2, -0.15) is 0 Å². The molecule has 0 saturated carbocycles. The molecule has 0 fully saturated rings. The second kappa shape index (κ2) is 7.96. The van der Waals surface area contributed by atoms with Gasteiger partial charge < -0.3 is 10.3 Å². The van der Waals surface area contributed by atoms with Gasteiger partial charge in [0.15, 0.2) is 5.16 Å². The third-order valence-corrected chi connectivity index (χ3v) is 4.36. The number of halogens is 1. The Balaban J connectivity index is 1.67. The third-order valence-electron chi connectivity index (χ3n) is 3.50. The first kappa shape index (κ1) is 18.5. The lowest BCUT2D eigenvalue weighted by Crippen LogP contribution is -2.29. The van der Waals surface area contributed by atoms with Crippen LogP contribution in [-0.2, 0) is 4.79 Å². The van der Waals surface area contributed by atoms with E-state index in [-0.39, 0.29) is 23.0 Å². The van der Waals surface area contributed by atoms with Crippen molar-refractivity contribution in [2.24, 2.45) is 0 Å². The molecule has 10 heteroatoms. The van der Waals surface area contributed by atoms with Gasteiger partial charge in [0.05, 0.1) is 11.4 Å². The molecule has 3 rings (SSSR count). The lowest BCUT2D eigenvalue weighted by molar-refractivity contribution is -0.113. The van der Waals surface area contributed by atoms with E-state index in [9.17, 15) is 18.8 Å². The quantitative estimate of drug-likeness (QED) is 0.453. The Bertz CT molecular complexity index is 1090. The molecular weight excluding hydrogens is 373 g/mol. The number of aryl methyl sites for hydroxylation is 1.